The number of β-amino-alcohol motifs (C(OH)–C–C–N with tert-alkyl or cyclic N) is 1. The van der Waals surface area contributed by atoms with E-state index >= 15 is 0 Å². The fraction of sp³-hybridized carbons (Fsp3) is 0.577. The number of nitrogens with one attached hydrogen (secondary N) is 1. The minimum Gasteiger partial charge on any atom is -0.394 e. The van der Waals surface area contributed by atoms with Gasteiger partial charge in [-0.05, 0) is 37.0 Å². The second-order valence-corrected chi connectivity index (χ2v) is 10.7. The van der Waals surface area contributed by atoms with Gasteiger partial charge in [-0.3, -0.25) is 14.3 Å². The number of likely N-dealkylation sites (tertiary alicyclic amines) is 1. The first-order valence-corrected chi connectivity index (χ1v) is 12.2. The first-order chi connectivity index (χ1) is 16.4. The Labute approximate surface area is 207 Å². The third-order valence-electron chi connectivity index (χ3n) is 6.64. The summed E-state index contributed by atoms with van der Waals surface area (Å²) in [4.78, 5) is 27.5. The van der Waals surface area contributed by atoms with Crippen LogP contribution in [0.25, 0.3) is 11.3 Å². The molecule has 1 aromatic heterocycles. The second-order valence-electron chi connectivity index (χ2n) is 10.7. The van der Waals surface area contributed by atoms with Crippen LogP contribution in [0, 0.1) is 11.8 Å². The maximum Gasteiger partial charge on any atom is 0.243 e. The summed E-state index contributed by atoms with van der Waals surface area (Å²) in [6.07, 6.45) is 1.17. The molecule has 0 unspecified atom stereocenters. The highest BCUT2D eigenvalue weighted by Gasteiger charge is 2.41. The Hall–Kier alpha value is -2.75. The van der Waals surface area contributed by atoms with Gasteiger partial charge in [-0.2, -0.15) is 5.10 Å². The van der Waals surface area contributed by atoms with Crippen LogP contribution < -0.4 is 11.1 Å². The summed E-state index contributed by atoms with van der Waals surface area (Å²) in [6.45, 7) is 10.0. The van der Waals surface area contributed by atoms with Gasteiger partial charge in [0, 0.05) is 30.6 Å². The molecule has 1 fully saturated rings. The lowest BCUT2D eigenvalue weighted by molar-refractivity contribution is -0.142. The Morgan fingerprint density at radius 1 is 1.20 bits per heavy atom. The lowest BCUT2D eigenvalue weighted by atomic mass is 9.96. The van der Waals surface area contributed by atoms with E-state index in [1.807, 2.05) is 69.6 Å². The van der Waals surface area contributed by atoms with Crippen molar-refractivity contribution in [3.05, 3.63) is 42.1 Å². The Bertz CT molecular complexity index is 1010. The fourth-order valence-corrected chi connectivity index (χ4v) is 4.33. The molecule has 2 aromatic rings. The molecule has 1 saturated heterocycles. The average Bonchev–Trinajstić information content (AvgIpc) is 3.41. The number of nitrogens with two attached hydrogens (primary N) is 1. The van der Waals surface area contributed by atoms with Gasteiger partial charge in [-0.25, -0.2) is 0 Å². The summed E-state index contributed by atoms with van der Waals surface area (Å²) in [6, 6.07) is 8.06. The van der Waals surface area contributed by atoms with Crippen LogP contribution in [0.15, 0.2) is 36.5 Å². The van der Waals surface area contributed by atoms with Gasteiger partial charge in [-0.1, -0.05) is 45.0 Å². The largest absolute Gasteiger partial charge is 0.394 e. The molecular weight excluding hydrogens is 446 g/mol. The van der Waals surface area contributed by atoms with E-state index in [4.69, 9.17) is 5.73 Å². The highest BCUT2D eigenvalue weighted by molar-refractivity contribution is 5.89. The molecule has 4 atom stereocenters. The molecule has 3 rings (SSSR count). The Kier molecular flexibility index (Phi) is 8.35. The molecule has 9 heteroatoms. The van der Waals surface area contributed by atoms with Crippen molar-refractivity contribution in [2.75, 3.05) is 13.2 Å². The molecule has 0 saturated carbocycles. The number of aromatic nitrogens is 2. The Balaban J connectivity index is 1.73. The molecule has 2 heterocycles. The number of hydrogen-bond acceptors (Lipinski definition) is 6. The van der Waals surface area contributed by atoms with Crippen molar-refractivity contribution in [3.8, 4) is 11.3 Å². The first kappa shape index (κ1) is 26.8. The quantitative estimate of drug-likeness (QED) is 0.427. The van der Waals surface area contributed by atoms with E-state index in [0.717, 1.165) is 16.8 Å². The van der Waals surface area contributed by atoms with Crippen molar-refractivity contribution in [3.63, 3.8) is 0 Å². The van der Waals surface area contributed by atoms with Gasteiger partial charge in [-0.15, -0.1) is 0 Å². The highest BCUT2D eigenvalue weighted by Crippen LogP contribution is 2.26. The third kappa shape index (κ3) is 6.48. The van der Waals surface area contributed by atoms with Crippen molar-refractivity contribution in [1.29, 1.82) is 0 Å². The monoisotopic (exact) mass is 485 g/mol. The standard InChI is InChI=1S/C26H39N5O4/c1-16(2)17(3)25(35)30-13-20(33)12-23(30)24(34)29-21(14-32)18-6-8-19(9-7-18)22-10-11-28-31(22)15-26(4,5)27/h6-11,16-17,20-21,23,32-33H,12-15,27H2,1-5H3,(H,29,34)/t17-,20+,21-,23-/m0/s1. The number of carbonyl (C=O) groups excluding carboxylic acids is 2. The zero-order valence-electron chi connectivity index (χ0n) is 21.3. The highest BCUT2D eigenvalue weighted by atomic mass is 16.3. The molecule has 2 amide bonds. The zero-order valence-corrected chi connectivity index (χ0v) is 21.3. The summed E-state index contributed by atoms with van der Waals surface area (Å²) in [5.41, 5.74) is 8.34. The van der Waals surface area contributed by atoms with E-state index in [9.17, 15) is 19.8 Å². The Morgan fingerprint density at radius 3 is 2.43 bits per heavy atom. The number of aliphatic hydroxyl groups excluding tert-OH is 2. The van der Waals surface area contributed by atoms with Crippen molar-refractivity contribution in [2.24, 2.45) is 17.6 Å². The molecule has 0 radical (unpaired) electrons. The van der Waals surface area contributed by atoms with Crippen LogP contribution in [0.4, 0.5) is 0 Å². The molecule has 0 aliphatic carbocycles. The third-order valence-corrected chi connectivity index (χ3v) is 6.64. The molecule has 1 aliphatic rings. The lowest BCUT2D eigenvalue weighted by Gasteiger charge is -2.29. The van der Waals surface area contributed by atoms with Crippen LogP contribution in [0.1, 0.15) is 52.6 Å². The molecule has 0 bridgehead atoms. The van der Waals surface area contributed by atoms with Gasteiger partial charge < -0.3 is 26.2 Å². The van der Waals surface area contributed by atoms with E-state index in [-0.39, 0.29) is 43.2 Å². The fourth-order valence-electron chi connectivity index (χ4n) is 4.33. The van der Waals surface area contributed by atoms with Gasteiger partial charge in [0.25, 0.3) is 0 Å². The number of hydrogen-bond donors (Lipinski definition) is 4. The van der Waals surface area contributed by atoms with Crippen LogP contribution in [-0.4, -0.2) is 67.5 Å². The van der Waals surface area contributed by atoms with E-state index < -0.39 is 23.7 Å². The second kappa shape index (κ2) is 10.9. The SMILES string of the molecule is CC(C)[C@H](C)C(=O)N1C[C@H](O)C[C@H]1C(=O)N[C@@H](CO)c1ccc(-c2ccnn2CC(C)(C)N)cc1. The maximum atomic E-state index is 13.1. The molecular formula is C26H39N5O4. The van der Waals surface area contributed by atoms with E-state index in [0.29, 0.717) is 6.54 Å². The van der Waals surface area contributed by atoms with Crippen molar-refractivity contribution >= 4 is 11.8 Å². The van der Waals surface area contributed by atoms with Crippen LogP contribution in [0.5, 0.6) is 0 Å². The summed E-state index contributed by atoms with van der Waals surface area (Å²) >= 11 is 0. The molecule has 1 aliphatic heterocycles. The van der Waals surface area contributed by atoms with Crippen molar-refractivity contribution < 1.29 is 19.8 Å². The predicted molar refractivity (Wildman–Crippen MR) is 134 cm³/mol. The van der Waals surface area contributed by atoms with Crippen LogP contribution in [0.3, 0.4) is 0 Å². The number of benzene rings is 1. The van der Waals surface area contributed by atoms with Crippen molar-refractivity contribution in [2.45, 2.75) is 71.3 Å². The number of nitrogens with zero attached hydrogens (tertiary/aromatic N) is 3. The lowest BCUT2D eigenvalue weighted by Crippen LogP contribution is -2.49. The van der Waals surface area contributed by atoms with E-state index in [2.05, 4.69) is 10.4 Å². The van der Waals surface area contributed by atoms with Crippen LogP contribution >= 0.6 is 0 Å². The van der Waals surface area contributed by atoms with Crippen molar-refractivity contribution in [1.82, 2.24) is 20.0 Å². The van der Waals surface area contributed by atoms with Gasteiger partial charge in [0.05, 0.1) is 31.0 Å². The number of carbonyl (C=O) groups is 2. The Morgan fingerprint density at radius 2 is 1.86 bits per heavy atom. The smallest absolute Gasteiger partial charge is 0.243 e. The molecule has 192 valence electrons. The number of amides is 2. The van der Waals surface area contributed by atoms with Gasteiger partial charge in [0.2, 0.25) is 11.8 Å². The van der Waals surface area contributed by atoms with Crippen LogP contribution in [0.2, 0.25) is 0 Å². The number of aliphatic hydroxyl groups is 2. The van der Waals surface area contributed by atoms with Gasteiger partial charge in [0.1, 0.15) is 6.04 Å². The maximum absolute atomic E-state index is 13.1. The van der Waals surface area contributed by atoms with E-state index in [1.54, 1.807) is 6.20 Å². The summed E-state index contributed by atoms with van der Waals surface area (Å²) in [7, 11) is 0. The minimum atomic E-state index is -0.763. The average molecular weight is 486 g/mol. The normalized spacial score (nSPS) is 20.2. The summed E-state index contributed by atoms with van der Waals surface area (Å²) < 4.78 is 1.86. The van der Waals surface area contributed by atoms with Gasteiger partial charge in [0.15, 0.2) is 0 Å². The van der Waals surface area contributed by atoms with E-state index in [1.165, 1.54) is 4.90 Å². The predicted octanol–water partition coefficient (Wildman–Crippen LogP) is 1.69. The van der Waals surface area contributed by atoms with Gasteiger partial charge >= 0.3 is 0 Å². The topological polar surface area (TPSA) is 134 Å². The summed E-state index contributed by atoms with van der Waals surface area (Å²) in [5, 5.41) is 27.4. The molecule has 1 aromatic carbocycles. The molecule has 5 N–H and O–H groups in total. The molecule has 35 heavy (non-hydrogen) atoms. The van der Waals surface area contributed by atoms with Crippen LogP contribution in [-0.2, 0) is 16.1 Å². The molecule has 9 nitrogen and oxygen atoms in total. The zero-order chi connectivity index (χ0) is 25.9. The molecule has 0 spiro atoms. The number of rotatable bonds is 9. The minimum absolute atomic E-state index is 0.125. The first-order valence-electron chi connectivity index (χ1n) is 12.2. The summed E-state index contributed by atoms with van der Waals surface area (Å²) in [5.74, 6) is -0.647.